The molecule has 0 aromatic carbocycles. The summed E-state index contributed by atoms with van der Waals surface area (Å²) in [7, 11) is 0. The van der Waals surface area contributed by atoms with Gasteiger partial charge < -0.3 is 10.2 Å². The van der Waals surface area contributed by atoms with E-state index in [1.54, 1.807) is 23.5 Å². The lowest BCUT2D eigenvalue weighted by atomic mass is 10.2. The number of nitrogens with zero attached hydrogens (tertiary/aromatic N) is 1. The van der Waals surface area contributed by atoms with E-state index in [1.165, 1.54) is 0 Å². The molecule has 0 radical (unpaired) electrons. The summed E-state index contributed by atoms with van der Waals surface area (Å²) in [5.41, 5.74) is 0. The van der Waals surface area contributed by atoms with Crippen molar-refractivity contribution in [3.05, 3.63) is 0 Å². The molecule has 84 valence electrons. The van der Waals surface area contributed by atoms with Crippen LogP contribution in [0.25, 0.3) is 0 Å². The van der Waals surface area contributed by atoms with Gasteiger partial charge in [-0.15, -0.1) is 23.5 Å². The Labute approximate surface area is 95.2 Å². The van der Waals surface area contributed by atoms with Crippen LogP contribution < -0.4 is 0 Å². The van der Waals surface area contributed by atoms with Crippen molar-refractivity contribution in [2.75, 3.05) is 18.1 Å². The second kappa shape index (κ2) is 3.79. The predicted octanol–water partition coefficient (Wildman–Crippen LogP) is 1.000. The second-order valence-electron chi connectivity index (χ2n) is 3.58. The zero-order chi connectivity index (χ0) is 11.1. The highest BCUT2D eigenvalue weighted by Crippen LogP contribution is 2.51. The van der Waals surface area contributed by atoms with E-state index in [2.05, 4.69) is 0 Å². The van der Waals surface area contributed by atoms with E-state index in [0.717, 1.165) is 16.4 Å². The number of rotatable bonds is 1. The summed E-state index contributed by atoms with van der Waals surface area (Å²) in [6.07, 6.45) is -0.711. The molecular weight excluding hydrogens is 238 g/mol. The van der Waals surface area contributed by atoms with Crippen molar-refractivity contribution in [2.24, 2.45) is 0 Å². The Bertz CT molecular complexity index is 279. The lowest BCUT2D eigenvalue weighted by molar-refractivity contribution is -0.141. The Balaban J connectivity index is 2.18. The Morgan fingerprint density at radius 1 is 1.27 bits per heavy atom. The summed E-state index contributed by atoms with van der Waals surface area (Å²) in [6.45, 7) is 0.328. The maximum absolute atomic E-state index is 10.9. The van der Waals surface area contributed by atoms with Crippen molar-refractivity contribution in [1.82, 2.24) is 4.90 Å². The highest BCUT2D eigenvalue weighted by molar-refractivity contribution is 8.21. The average Bonchev–Trinajstić information content (AvgIpc) is 2.74. The molecule has 0 saturated carbocycles. The largest absolute Gasteiger partial charge is 0.480 e. The summed E-state index contributed by atoms with van der Waals surface area (Å²) >= 11 is 3.38. The first kappa shape index (κ1) is 10.9. The molecule has 15 heavy (non-hydrogen) atoms. The molecule has 2 rings (SSSR count). The van der Waals surface area contributed by atoms with Crippen molar-refractivity contribution in [3.8, 4) is 0 Å². The van der Waals surface area contributed by atoms with Crippen LogP contribution in [0.15, 0.2) is 0 Å². The average molecular weight is 249 g/mol. The maximum atomic E-state index is 10.9. The van der Waals surface area contributed by atoms with Gasteiger partial charge in [0.2, 0.25) is 0 Å². The number of thioether (sulfide) groups is 2. The van der Waals surface area contributed by atoms with Crippen LogP contribution in [0.3, 0.4) is 0 Å². The SMILES string of the molecule is O=C(O)[C@@H]1CC2(CN1C(=O)O)SCCS2. The van der Waals surface area contributed by atoms with Crippen LogP contribution in [0.1, 0.15) is 6.42 Å². The summed E-state index contributed by atoms with van der Waals surface area (Å²) < 4.78 is -0.207. The van der Waals surface area contributed by atoms with Crippen LogP contribution in [-0.2, 0) is 4.79 Å². The van der Waals surface area contributed by atoms with E-state index in [0.29, 0.717) is 13.0 Å². The summed E-state index contributed by atoms with van der Waals surface area (Å²) in [4.78, 5) is 22.9. The molecule has 0 aliphatic carbocycles. The molecule has 2 saturated heterocycles. The summed E-state index contributed by atoms with van der Waals surface area (Å²) in [6, 6.07) is -0.874. The van der Waals surface area contributed by atoms with E-state index in [1.807, 2.05) is 0 Å². The van der Waals surface area contributed by atoms with Gasteiger partial charge in [-0.25, -0.2) is 9.59 Å². The van der Waals surface area contributed by atoms with Crippen molar-refractivity contribution >= 4 is 35.6 Å². The highest BCUT2D eigenvalue weighted by Gasteiger charge is 2.51. The number of hydrogen-bond acceptors (Lipinski definition) is 4. The third-order valence-corrected chi connectivity index (χ3v) is 6.06. The van der Waals surface area contributed by atoms with Crippen molar-refractivity contribution in [2.45, 2.75) is 16.5 Å². The molecule has 1 atom stereocenters. The monoisotopic (exact) mass is 249 g/mol. The van der Waals surface area contributed by atoms with E-state index >= 15 is 0 Å². The van der Waals surface area contributed by atoms with Gasteiger partial charge >= 0.3 is 12.1 Å². The lowest BCUT2D eigenvalue weighted by Crippen LogP contribution is -2.39. The van der Waals surface area contributed by atoms with Gasteiger partial charge in [-0.3, -0.25) is 4.90 Å². The molecule has 2 N–H and O–H groups in total. The van der Waals surface area contributed by atoms with Crippen molar-refractivity contribution < 1.29 is 19.8 Å². The van der Waals surface area contributed by atoms with E-state index in [4.69, 9.17) is 10.2 Å². The minimum absolute atomic E-state index is 0.207. The first-order valence-corrected chi connectivity index (χ1v) is 6.51. The third-order valence-electron chi connectivity index (χ3n) is 2.64. The zero-order valence-electron chi connectivity index (χ0n) is 7.88. The number of likely N-dealkylation sites (tertiary alicyclic amines) is 1. The summed E-state index contributed by atoms with van der Waals surface area (Å²) in [5.74, 6) is 0.914. The molecule has 0 aromatic rings. The Morgan fingerprint density at radius 3 is 2.27 bits per heavy atom. The number of carboxylic acid groups (broad SMARTS) is 2. The molecule has 7 heteroatoms. The molecule has 5 nitrogen and oxygen atoms in total. The third kappa shape index (κ3) is 1.90. The van der Waals surface area contributed by atoms with Gasteiger partial charge in [0.25, 0.3) is 0 Å². The molecular formula is C8H11NO4S2. The second-order valence-corrected chi connectivity index (χ2v) is 6.79. The van der Waals surface area contributed by atoms with E-state index < -0.39 is 18.1 Å². The minimum Gasteiger partial charge on any atom is -0.480 e. The van der Waals surface area contributed by atoms with Crippen LogP contribution in [0.5, 0.6) is 0 Å². The number of aliphatic carboxylic acids is 1. The molecule has 1 amide bonds. The smallest absolute Gasteiger partial charge is 0.408 e. The number of carboxylic acids is 1. The van der Waals surface area contributed by atoms with Gasteiger partial charge in [-0.05, 0) is 0 Å². The standard InChI is InChI=1S/C8H11NO4S2/c10-6(11)5-3-8(14-1-2-15-8)4-9(5)7(12)13/h5H,1-4H2,(H,10,11)(H,12,13)/t5-/m0/s1. The lowest BCUT2D eigenvalue weighted by Gasteiger charge is -2.20. The van der Waals surface area contributed by atoms with E-state index in [9.17, 15) is 9.59 Å². The Hall–Kier alpha value is -0.560. The van der Waals surface area contributed by atoms with E-state index in [-0.39, 0.29) is 4.08 Å². The molecule has 0 unspecified atom stereocenters. The van der Waals surface area contributed by atoms with Crippen LogP contribution in [0, 0.1) is 0 Å². The molecule has 1 spiro atoms. The van der Waals surface area contributed by atoms with Crippen LogP contribution in [0.2, 0.25) is 0 Å². The molecule has 2 heterocycles. The fourth-order valence-corrected chi connectivity index (χ4v) is 5.22. The Morgan fingerprint density at radius 2 is 1.87 bits per heavy atom. The molecule has 2 aliphatic heterocycles. The van der Waals surface area contributed by atoms with Gasteiger partial charge in [-0.2, -0.15) is 0 Å². The summed E-state index contributed by atoms with van der Waals surface area (Å²) in [5, 5.41) is 17.9. The van der Waals surface area contributed by atoms with Crippen LogP contribution in [-0.4, -0.2) is 55.3 Å². The molecule has 0 aromatic heterocycles. The Kier molecular flexibility index (Phi) is 2.76. The fourth-order valence-electron chi connectivity index (χ4n) is 1.97. The van der Waals surface area contributed by atoms with Gasteiger partial charge in [0.1, 0.15) is 6.04 Å². The van der Waals surface area contributed by atoms with Gasteiger partial charge in [0.05, 0.1) is 4.08 Å². The quantitative estimate of drug-likeness (QED) is 0.722. The molecule has 2 aliphatic rings. The van der Waals surface area contributed by atoms with Crippen molar-refractivity contribution in [3.63, 3.8) is 0 Å². The van der Waals surface area contributed by atoms with Crippen LogP contribution in [0.4, 0.5) is 4.79 Å². The zero-order valence-corrected chi connectivity index (χ0v) is 9.51. The molecule has 2 fully saturated rings. The van der Waals surface area contributed by atoms with Gasteiger partial charge in [-0.1, -0.05) is 0 Å². The first-order chi connectivity index (χ1) is 7.04. The van der Waals surface area contributed by atoms with Crippen molar-refractivity contribution in [1.29, 1.82) is 0 Å². The normalized spacial score (nSPS) is 28.5. The minimum atomic E-state index is -1.13. The van der Waals surface area contributed by atoms with Crippen LogP contribution >= 0.6 is 23.5 Å². The van der Waals surface area contributed by atoms with Gasteiger partial charge in [0, 0.05) is 24.5 Å². The maximum Gasteiger partial charge on any atom is 0.408 e. The first-order valence-electron chi connectivity index (χ1n) is 4.54. The molecule has 0 bridgehead atoms. The fraction of sp³-hybridized carbons (Fsp3) is 0.750. The number of carbonyl (C=O) groups is 2. The predicted molar refractivity (Wildman–Crippen MR) is 58.4 cm³/mol. The van der Waals surface area contributed by atoms with Gasteiger partial charge in [0.15, 0.2) is 0 Å². The number of hydrogen-bond donors (Lipinski definition) is 2. The highest BCUT2D eigenvalue weighted by atomic mass is 32.2. The number of amides is 1. The topological polar surface area (TPSA) is 77.8 Å².